The van der Waals surface area contributed by atoms with Crippen molar-refractivity contribution in [1.29, 1.82) is 0 Å². The van der Waals surface area contributed by atoms with Crippen LogP contribution in [-0.4, -0.2) is 21.1 Å². The van der Waals surface area contributed by atoms with Crippen molar-refractivity contribution < 1.29 is 4.74 Å². The van der Waals surface area contributed by atoms with Crippen molar-refractivity contribution >= 4 is 33.9 Å². The van der Waals surface area contributed by atoms with Crippen LogP contribution in [0.1, 0.15) is 28.1 Å². The lowest BCUT2D eigenvalue weighted by molar-refractivity contribution is 0.305. The molecule has 0 saturated carbocycles. The van der Waals surface area contributed by atoms with Crippen molar-refractivity contribution in [2.45, 2.75) is 31.4 Å². The Kier molecular flexibility index (Phi) is 7.39. The van der Waals surface area contributed by atoms with Crippen molar-refractivity contribution in [2.75, 3.05) is 0 Å². The summed E-state index contributed by atoms with van der Waals surface area (Å²) in [5, 5.41) is 13.9. The number of thioether (sulfide) groups is 1. The highest BCUT2D eigenvalue weighted by atomic mass is 79.9. The molecule has 7 heteroatoms. The van der Waals surface area contributed by atoms with E-state index in [2.05, 4.69) is 62.4 Å². The molecule has 162 valence electrons. The quantitative estimate of drug-likeness (QED) is 0.204. The number of hydrogen-bond donors (Lipinski definition) is 0. The predicted molar refractivity (Wildman–Crippen MR) is 133 cm³/mol. The van der Waals surface area contributed by atoms with Gasteiger partial charge in [-0.15, -0.1) is 10.2 Å². The molecular formula is C25H23BrN4OS. The molecule has 0 aliphatic rings. The fourth-order valence-electron chi connectivity index (χ4n) is 3.06. The van der Waals surface area contributed by atoms with Gasteiger partial charge in [0.05, 0.1) is 6.21 Å². The number of rotatable bonds is 8. The van der Waals surface area contributed by atoms with Gasteiger partial charge in [0, 0.05) is 15.8 Å². The maximum Gasteiger partial charge on any atom is 0.212 e. The molecule has 0 fully saturated rings. The number of halogens is 1. The highest BCUT2D eigenvalue weighted by Gasteiger charge is 2.10. The minimum absolute atomic E-state index is 0.511. The van der Waals surface area contributed by atoms with E-state index >= 15 is 0 Å². The third-order valence-electron chi connectivity index (χ3n) is 4.92. The van der Waals surface area contributed by atoms with Gasteiger partial charge in [-0.25, -0.2) is 0 Å². The molecule has 4 aromatic rings. The van der Waals surface area contributed by atoms with Gasteiger partial charge in [0.2, 0.25) is 5.16 Å². The van der Waals surface area contributed by atoms with Gasteiger partial charge < -0.3 is 4.74 Å². The number of nitrogens with zero attached hydrogens (tertiary/aromatic N) is 4. The highest BCUT2D eigenvalue weighted by Crippen LogP contribution is 2.24. The molecular weight excluding hydrogens is 484 g/mol. The molecule has 0 N–H and O–H groups in total. The second kappa shape index (κ2) is 10.6. The Morgan fingerprint density at radius 3 is 2.53 bits per heavy atom. The lowest BCUT2D eigenvalue weighted by Crippen LogP contribution is -2.01. The molecule has 5 nitrogen and oxygen atoms in total. The van der Waals surface area contributed by atoms with Crippen LogP contribution < -0.4 is 4.74 Å². The molecule has 0 unspecified atom stereocenters. The van der Waals surface area contributed by atoms with E-state index in [9.17, 15) is 0 Å². The molecule has 1 aromatic heterocycles. The van der Waals surface area contributed by atoms with Gasteiger partial charge >= 0.3 is 0 Å². The first-order chi connectivity index (χ1) is 15.6. The van der Waals surface area contributed by atoms with E-state index in [-0.39, 0.29) is 0 Å². The summed E-state index contributed by atoms with van der Waals surface area (Å²) in [4.78, 5) is 0. The van der Waals surface area contributed by atoms with E-state index < -0.39 is 0 Å². The second-order valence-corrected chi connectivity index (χ2v) is 9.11. The minimum atomic E-state index is 0.511. The summed E-state index contributed by atoms with van der Waals surface area (Å²) in [5.74, 6) is 2.31. The molecule has 0 radical (unpaired) electrons. The Morgan fingerprint density at radius 1 is 0.969 bits per heavy atom. The van der Waals surface area contributed by atoms with Crippen molar-refractivity contribution in [2.24, 2.45) is 5.10 Å². The summed E-state index contributed by atoms with van der Waals surface area (Å²) in [6, 6.07) is 24.4. The molecule has 0 saturated heterocycles. The molecule has 1 heterocycles. The molecule has 4 rings (SSSR count). The SMILES string of the molecule is Cc1ccccc1COc1ccccc1/C=N/n1c(C)nnc1SCc1ccc(Br)cc1. The Bertz CT molecular complexity index is 1220. The van der Waals surface area contributed by atoms with Crippen LogP contribution in [0.4, 0.5) is 0 Å². The molecule has 32 heavy (non-hydrogen) atoms. The lowest BCUT2D eigenvalue weighted by atomic mass is 10.1. The van der Waals surface area contributed by atoms with Gasteiger partial charge in [0.25, 0.3) is 0 Å². The van der Waals surface area contributed by atoms with E-state index in [1.54, 1.807) is 22.7 Å². The summed E-state index contributed by atoms with van der Waals surface area (Å²) in [6.45, 7) is 4.50. The van der Waals surface area contributed by atoms with Crippen molar-refractivity contribution in [3.05, 3.63) is 105 Å². The fraction of sp³-hybridized carbons (Fsp3) is 0.160. The molecule has 3 aromatic carbocycles. The molecule has 0 aliphatic heterocycles. The molecule has 0 atom stereocenters. The molecule has 0 amide bonds. The summed E-state index contributed by atoms with van der Waals surface area (Å²) < 4.78 is 8.94. The highest BCUT2D eigenvalue weighted by molar-refractivity contribution is 9.10. The van der Waals surface area contributed by atoms with Crippen LogP contribution in [0.25, 0.3) is 0 Å². The van der Waals surface area contributed by atoms with E-state index in [0.29, 0.717) is 6.61 Å². The zero-order valence-corrected chi connectivity index (χ0v) is 20.3. The molecule has 0 spiro atoms. The van der Waals surface area contributed by atoms with Crippen LogP contribution in [0, 0.1) is 13.8 Å². The van der Waals surface area contributed by atoms with Gasteiger partial charge in [0.15, 0.2) is 5.82 Å². The third kappa shape index (κ3) is 5.66. The monoisotopic (exact) mass is 506 g/mol. The van der Waals surface area contributed by atoms with E-state index in [0.717, 1.165) is 32.5 Å². The third-order valence-corrected chi connectivity index (χ3v) is 6.44. The summed E-state index contributed by atoms with van der Waals surface area (Å²) >= 11 is 5.07. The van der Waals surface area contributed by atoms with Crippen LogP contribution >= 0.6 is 27.7 Å². The van der Waals surface area contributed by atoms with Crippen LogP contribution in [0.3, 0.4) is 0 Å². The Balaban J connectivity index is 1.48. The summed E-state index contributed by atoms with van der Waals surface area (Å²) in [5.41, 5.74) is 4.49. The van der Waals surface area contributed by atoms with Gasteiger partial charge in [-0.2, -0.15) is 9.78 Å². The smallest absolute Gasteiger partial charge is 0.212 e. The second-order valence-electron chi connectivity index (χ2n) is 7.25. The average molecular weight is 507 g/mol. The van der Waals surface area contributed by atoms with Crippen LogP contribution in [0.15, 0.2) is 87.5 Å². The first-order valence-electron chi connectivity index (χ1n) is 10.2. The standard InChI is InChI=1S/C25H23BrN4OS/c1-18-7-3-4-9-22(18)16-31-24-10-6-5-8-21(24)15-27-30-19(2)28-29-25(30)32-17-20-11-13-23(26)14-12-20/h3-15H,16-17H2,1-2H3/b27-15+. The topological polar surface area (TPSA) is 52.3 Å². The Morgan fingerprint density at radius 2 is 1.72 bits per heavy atom. The number of aromatic nitrogens is 3. The average Bonchev–Trinajstić information content (AvgIpc) is 3.16. The van der Waals surface area contributed by atoms with E-state index in [4.69, 9.17) is 4.74 Å². The lowest BCUT2D eigenvalue weighted by Gasteiger charge is -2.11. The largest absolute Gasteiger partial charge is 0.488 e. The number of para-hydroxylation sites is 1. The van der Waals surface area contributed by atoms with Crippen molar-refractivity contribution in [3.63, 3.8) is 0 Å². The predicted octanol–water partition coefficient (Wildman–Crippen LogP) is 6.41. The Hall–Kier alpha value is -2.90. The van der Waals surface area contributed by atoms with Gasteiger partial charge in [0.1, 0.15) is 12.4 Å². The Labute approximate surface area is 200 Å². The number of ether oxygens (including phenoxy) is 1. The van der Waals surface area contributed by atoms with Gasteiger partial charge in [-0.3, -0.25) is 0 Å². The van der Waals surface area contributed by atoms with E-state index in [1.165, 1.54) is 16.7 Å². The summed E-state index contributed by atoms with van der Waals surface area (Å²) in [6.07, 6.45) is 1.80. The van der Waals surface area contributed by atoms with Crippen molar-refractivity contribution in [1.82, 2.24) is 14.9 Å². The number of benzene rings is 3. The zero-order valence-electron chi connectivity index (χ0n) is 17.9. The first-order valence-corrected chi connectivity index (χ1v) is 12.0. The zero-order chi connectivity index (χ0) is 22.3. The van der Waals surface area contributed by atoms with Crippen LogP contribution in [0.5, 0.6) is 5.75 Å². The fourth-order valence-corrected chi connectivity index (χ4v) is 4.21. The molecule has 0 bridgehead atoms. The first kappa shape index (κ1) is 22.3. The number of hydrogen-bond acceptors (Lipinski definition) is 5. The van der Waals surface area contributed by atoms with Gasteiger partial charge in [-0.05, 0) is 54.8 Å². The van der Waals surface area contributed by atoms with Crippen LogP contribution in [0.2, 0.25) is 0 Å². The van der Waals surface area contributed by atoms with Crippen molar-refractivity contribution in [3.8, 4) is 5.75 Å². The van der Waals surface area contributed by atoms with Crippen LogP contribution in [-0.2, 0) is 12.4 Å². The maximum atomic E-state index is 6.11. The minimum Gasteiger partial charge on any atom is -0.488 e. The molecule has 0 aliphatic carbocycles. The number of aryl methyl sites for hydroxylation is 2. The summed E-state index contributed by atoms with van der Waals surface area (Å²) in [7, 11) is 0. The van der Waals surface area contributed by atoms with E-state index in [1.807, 2.05) is 55.5 Å². The maximum absolute atomic E-state index is 6.11. The normalized spacial score (nSPS) is 11.2. The van der Waals surface area contributed by atoms with Gasteiger partial charge in [-0.1, -0.05) is 76.2 Å².